The Kier molecular flexibility index (Phi) is 6.71. The first-order valence-corrected chi connectivity index (χ1v) is 18.1. The molecule has 0 aromatic heterocycles. The molecule has 0 spiro atoms. The second-order valence-electron chi connectivity index (χ2n) is 5.18. The van der Waals surface area contributed by atoms with Crippen molar-refractivity contribution < 1.29 is 0 Å². The van der Waals surface area contributed by atoms with Gasteiger partial charge in [0.25, 0.3) is 0 Å². The minimum absolute atomic E-state index is 0.0989. The molecule has 0 aliphatic rings. The van der Waals surface area contributed by atoms with Gasteiger partial charge in [0, 0.05) is 0 Å². The van der Waals surface area contributed by atoms with Crippen LogP contribution >= 0.6 is 25.3 Å². The third-order valence-corrected chi connectivity index (χ3v) is 14.8. The normalized spacial score (nSPS) is 13.1. The third kappa shape index (κ3) is 4.39. The fourth-order valence-corrected chi connectivity index (χ4v) is 11.9. The summed E-state index contributed by atoms with van der Waals surface area (Å²) in [4.78, 5) is 0. The summed E-state index contributed by atoms with van der Waals surface area (Å²) in [6.07, 6.45) is 1.15. The van der Waals surface area contributed by atoms with Gasteiger partial charge in [-0.2, -0.15) is 0 Å². The number of benzene rings is 2. The molecule has 1 unspecified atom stereocenters. The molecule has 2 aromatic carbocycles. The van der Waals surface area contributed by atoms with Crippen LogP contribution in [0.1, 0.15) is 24.1 Å². The minimum atomic E-state index is -1.34. The Bertz CT molecular complexity index is 573. The quantitative estimate of drug-likeness (QED) is 0.476. The van der Waals surface area contributed by atoms with Crippen molar-refractivity contribution in [2.75, 3.05) is 5.75 Å². The van der Waals surface area contributed by atoms with Crippen LogP contribution in [0.4, 0.5) is 0 Å². The van der Waals surface area contributed by atoms with Gasteiger partial charge in [0.15, 0.2) is 0 Å². The van der Waals surface area contributed by atoms with E-state index < -0.39 is 17.5 Å². The molecule has 0 aliphatic carbocycles. The molecule has 0 bridgehead atoms. The first-order chi connectivity index (χ1) is 9.61. The Balaban J connectivity index is 2.27. The van der Waals surface area contributed by atoms with Crippen molar-refractivity contribution in [3.8, 4) is 0 Å². The number of thiol groups is 1. The van der Waals surface area contributed by atoms with E-state index in [4.69, 9.17) is 5.73 Å². The predicted molar refractivity (Wildman–Crippen MR) is 98.4 cm³/mol. The van der Waals surface area contributed by atoms with E-state index >= 15 is 0 Å². The predicted octanol–water partition coefficient (Wildman–Crippen LogP) is 4.72. The molecule has 0 amide bonds. The van der Waals surface area contributed by atoms with Crippen molar-refractivity contribution in [3.63, 3.8) is 0 Å². The number of rotatable bonds is 6. The Morgan fingerprint density at radius 2 is 1.85 bits per heavy atom. The zero-order valence-corrected chi connectivity index (χ0v) is 17.1. The fourth-order valence-electron chi connectivity index (χ4n) is 2.46. The van der Waals surface area contributed by atoms with Crippen molar-refractivity contribution in [2.45, 2.75) is 28.3 Å². The van der Waals surface area contributed by atoms with E-state index in [-0.39, 0.29) is 6.04 Å². The van der Waals surface area contributed by atoms with E-state index in [1.165, 1.54) is 30.8 Å². The number of hydrogen-bond acceptors (Lipinski definition) is 2. The molecular weight excluding hydrogens is 437 g/mol. The van der Waals surface area contributed by atoms with Gasteiger partial charge in [-0.15, -0.1) is 0 Å². The van der Waals surface area contributed by atoms with Crippen molar-refractivity contribution in [3.05, 3.63) is 47.5 Å². The van der Waals surface area contributed by atoms with Crippen molar-refractivity contribution in [1.82, 2.24) is 0 Å². The van der Waals surface area contributed by atoms with E-state index in [9.17, 15) is 0 Å². The summed E-state index contributed by atoms with van der Waals surface area (Å²) in [5.41, 5.74) is 8.89. The van der Waals surface area contributed by atoms with Crippen LogP contribution in [-0.2, 0) is 6.42 Å². The molecule has 1 radical (unpaired) electrons. The maximum atomic E-state index is 6.16. The standard InChI is InChI=1S/C14H16N.C2H5S.BrH.Sn/c1-3-11-8-12-6-4-5-7-13(12)9-14(11)10(2)15;1-2-3;;/h4-10H,1,3,15H2,2H3;3H,1-2H2;1H;/q;;;+1/p-1. The first-order valence-electron chi connectivity index (χ1n) is 7.00. The van der Waals surface area contributed by atoms with Gasteiger partial charge in [0.05, 0.1) is 0 Å². The van der Waals surface area contributed by atoms with Crippen LogP contribution in [0.3, 0.4) is 0 Å². The first kappa shape index (κ1) is 16.7. The zero-order valence-electron chi connectivity index (χ0n) is 11.8. The zero-order chi connectivity index (χ0) is 14.5. The monoisotopic (exact) mass is 458 g/mol. The number of aryl methyl sites for hydroxylation is 1. The Morgan fingerprint density at radius 1 is 1.20 bits per heavy atom. The van der Waals surface area contributed by atoms with Gasteiger partial charge in [-0.25, -0.2) is 0 Å². The van der Waals surface area contributed by atoms with Crippen molar-refractivity contribution >= 4 is 53.6 Å². The van der Waals surface area contributed by atoms with E-state index in [0.29, 0.717) is 0 Å². The topological polar surface area (TPSA) is 26.0 Å². The summed E-state index contributed by atoms with van der Waals surface area (Å²) >= 11 is 6.92. The van der Waals surface area contributed by atoms with Gasteiger partial charge in [-0.1, -0.05) is 0 Å². The third-order valence-electron chi connectivity index (χ3n) is 3.55. The van der Waals surface area contributed by atoms with Gasteiger partial charge in [0.1, 0.15) is 0 Å². The second kappa shape index (κ2) is 8.06. The number of nitrogens with two attached hydrogens (primary N) is 1. The molecule has 2 rings (SSSR count). The van der Waals surface area contributed by atoms with E-state index in [1.54, 1.807) is 0 Å². The molecule has 20 heavy (non-hydrogen) atoms. The molecule has 1 nitrogen and oxygen atoms in total. The van der Waals surface area contributed by atoms with Gasteiger partial charge in [-0.05, 0) is 0 Å². The maximum absolute atomic E-state index is 6.16. The molecular formula is C16H21BrNSSn. The number of halogens is 1. The molecule has 0 aliphatic heterocycles. The second-order valence-corrected chi connectivity index (χ2v) is 19.0. The summed E-state index contributed by atoms with van der Waals surface area (Å²) in [6, 6.07) is 13.2. The van der Waals surface area contributed by atoms with Crippen LogP contribution < -0.4 is 5.73 Å². The molecule has 107 valence electrons. The summed E-state index contributed by atoms with van der Waals surface area (Å²) in [7, 11) is 0. The van der Waals surface area contributed by atoms with Crippen molar-refractivity contribution in [2.24, 2.45) is 5.73 Å². The Morgan fingerprint density at radius 3 is 2.45 bits per heavy atom. The van der Waals surface area contributed by atoms with Crippen molar-refractivity contribution in [1.29, 1.82) is 0 Å². The van der Waals surface area contributed by atoms with Crippen LogP contribution in [0.5, 0.6) is 0 Å². The van der Waals surface area contributed by atoms with Gasteiger partial charge in [0.2, 0.25) is 0 Å². The molecule has 0 saturated heterocycles. The molecule has 0 heterocycles. The fraction of sp³-hybridized carbons (Fsp3) is 0.375. The summed E-state index contributed by atoms with van der Waals surface area (Å²) in [6.45, 7) is 2.08. The van der Waals surface area contributed by atoms with Crippen LogP contribution in [-0.4, -0.2) is 23.3 Å². The number of fused-ring (bicyclic) bond motifs is 1. The number of hydrogen-bond donors (Lipinski definition) is 2. The SMILES string of the molecule is CC(N)c1cc2ccccc2cc1C[CH2][Sn]([Br])[CH2]CS. The van der Waals surface area contributed by atoms with Gasteiger partial charge in [-0.3, -0.25) is 0 Å². The average molecular weight is 458 g/mol. The van der Waals surface area contributed by atoms with Crippen LogP contribution in [0.2, 0.25) is 8.87 Å². The summed E-state index contributed by atoms with van der Waals surface area (Å²) in [5, 5.41) is 2.61. The van der Waals surface area contributed by atoms with Gasteiger partial charge < -0.3 is 0 Å². The molecule has 2 aromatic rings. The Hall–Kier alpha value is 0.289. The van der Waals surface area contributed by atoms with E-state index in [1.807, 2.05) is 0 Å². The van der Waals surface area contributed by atoms with E-state index in [0.717, 1.165) is 12.2 Å². The van der Waals surface area contributed by atoms with Crippen LogP contribution in [0.25, 0.3) is 10.8 Å². The summed E-state index contributed by atoms with van der Waals surface area (Å²) in [5.74, 6) is 1.01. The van der Waals surface area contributed by atoms with Gasteiger partial charge >= 0.3 is 141 Å². The van der Waals surface area contributed by atoms with E-state index in [2.05, 4.69) is 68.7 Å². The molecule has 0 fully saturated rings. The molecule has 0 saturated carbocycles. The van der Waals surface area contributed by atoms with Crippen LogP contribution in [0.15, 0.2) is 36.4 Å². The molecule has 2 N–H and O–H groups in total. The molecule has 1 atom stereocenters. The van der Waals surface area contributed by atoms with Crippen LogP contribution in [0, 0.1) is 0 Å². The molecule has 4 heteroatoms. The summed E-state index contributed by atoms with van der Waals surface area (Å²) < 4.78 is 2.62. The Labute approximate surface area is 140 Å². The average Bonchev–Trinajstić information content (AvgIpc) is 2.44.